The van der Waals surface area contributed by atoms with Crippen LogP contribution in [0, 0.1) is 17.8 Å². The monoisotopic (exact) mass is 427 g/mol. The molecule has 5 nitrogen and oxygen atoms in total. The molecular formula is C26H41N3O2. The van der Waals surface area contributed by atoms with Crippen LogP contribution < -0.4 is 5.32 Å². The largest absolute Gasteiger partial charge is 0.342 e. The van der Waals surface area contributed by atoms with Gasteiger partial charge in [0, 0.05) is 38.1 Å². The summed E-state index contributed by atoms with van der Waals surface area (Å²) in [6.45, 7) is 12.4. The SMILES string of the molecule is CC(C)Cc1ccc(C(NCC(=O)N2CCC(C(=O)N3CCCC3)CC2)C(C)C)cc1. The van der Waals surface area contributed by atoms with E-state index in [1.165, 1.54) is 11.1 Å². The van der Waals surface area contributed by atoms with Crippen LogP contribution >= 0.6 is 0 Å². The second-order valence-electron chi connectivity index (χ2n) is 10.1. The first-order valence-corrected chi connectivity index (χ1v) is 12.2. The van der Waals surface area contributed by atoms with Crippen molar-refractivity contribution in [1.29, 1.82) is 0 Å². The van der Waals surface area contributed by atoms with Gasteiger partial charge in [0.15, 0.2) is 0 Å². The molecule has 0 aliphatic carbocycles. The molecule has 1 N–H and O–H groups in total. The highest BCUT2D eigenvalue weighted by Gasteiger charge is 2.31. The maximum Gasteiger partial charge on any atom is 0.236 e. The molecule has 2 saturated heterocycles. The Morgan fingerprint density at radius 2 is 1.55 bits per heavy atom. The number of nitrogens with zero attached hydrogens (tertiary/aromatic N) is 2. The molecule has 31 heavy (non-hydrogen) atoms. The molecule has 1 atom stereocenters. The lowest BCUT2D eigenvalue weighted by molar-refractivity contribution is -0.139. The summed E-state index contributed by atoms with van der Waals surface area (Å²) in [5, 5.41) is 3.51. The van der Waals surface area contributed by atoms with Gasteiger partial charge in [-0.05, 0) is 55.1 Å². The second-order valence-corrected chi connectivity index (χ2v) is 10.1. The first-order chi connectivity index (χ1) is 14.8. The van der Waals surface area contributed by atoms with E-state index in [2.05, 4.69) is 57.3 Å². The first kappa shape index (κ1) is 23.8. The summed E-state index contributed by atoms with van der Waals surface area (Å²) in [5.41, 5.74) is 2.61. The normalized spacial score (nSPS) is 18.8. The first-order valence-electron chi connectivity index (χ1n) is 12.2. The minimum Gasteiger partial charge on any atom is -0.342 e. The van der Waals surface area contributed by atoms with Crippen molar-refractivity contribution in [3.63, 3.8) is 0 Å². The van der Waals surface area contributed by atoms with E-state index in [1.54, 1.807) is 0 Å². The fourth-order valence-electron chi connectivity index (χ4n) is 4.95. The lowest BCUT2D eigenvalue weighted by Crippen LogP contribution is -2.46. The summed E-state index contributed by atoms with van der Waals surface area (Å²) in [4.78, 5) is 29.4. The second kappa shape index (κ2) is 11.1. The van der Waals surface area contributed by atoms with Crippen molar-refractivity contribution in [2.45, 2.75) is 65.8 Å². The van der Waals surface area contributed by atoms with Crippen LogP contribution in [0.2, 0.25) is 0 Å². The molecule has 5 heteroatoms. The van der Waals surface area contributed by atoms with Crippen LogP contribution in [0.3, 0.4) is 0 Å². The number of benzene rings is 1. The Kier molecular flexibility index (Phi) is 8.53. The maximum atomic E-state index is 12.8. The molecule has 0 aromatic heterocycles. The van der Waals surface area contributed by atoms with Gasteiger partial charge in [-0.3, -0.25) is 9.59 Å². The number of carbonyl (C=O) groups excluding carboxylic acids is 2. The van der Waals surface area contributed by atoms with Crippen molar-refractivity contribution in [3.05, 3.63) is 35.4 Å². The minimum atomic E-state index is 0.0999. The van der Waals surface area contributed by atoms with E-state index in [0.29, 0.717) is 37.4 Å². The molecule has 0 bridgehead atoms. The zero-order valence-electron chi connectivity index (χ0n) is 19.9. The number of amides is 2. The predicted octanol–water partition coefficient (Wildman–Crippen LogP) is 4.03. The van der Waals surface area contributed by atoms with Gasteiger partial charge in [0.05, 0.1) is 6.54 Å². The van der Waals surface area contributed by atoms with Crippen molar-refractivity contribution < 1.29 is 9.59 Å². The standard InChI is InChI=1S/C26H41N3O2/c1-19(2)17-21-7-9-22(10-8-21)25(20(3)4)27-18-24(30)28-15-11-23(12-16-28)26(31)29-13-5-6-14-29/h7-10,19-20,23,25,27H,5-6,11-18H2,1-4H3. The highest BCUT2D eigenvalue weighted by Crippen LogP contribution is 2.24. The van der Waals surface area contributed by atoms with Gasteiger partial charge in [0.25, 0.3) is 0 Å². The van der Waals surface area contributed by atoms with Gasteiger partial charge < -0.3 is 15.1 Å². The molecule has 0 saturated carbocycles. The summed E-state index contributed by atoms with van der Waals surface area (Å²) < 4.78 is 0. The summed E-state index contributed by atoms with van der Waals surface area (Å²) in [5.74, 6) is 1.60. The smallest absolute Gasteiger partial charge is 0.236 e. The van der Waals surface area contributed by atoms with E-state index in [1.807, 2.05) is 9.80 Å². The van der Waals surface area contributed by atoms with Gasteiger partial charge in [-0.25, -0.2) is 0 Å². The number of carbonyl (C=O) groups is 2. The summed E-state index contributed by atoms with van der Waals surface area (Å²) in [6, 6.07) is 9.00. The molecular weight excluding hydrogens is 386 g/mol. The zero-order chi connectivity index (χ0) is 22.4. The molecule has 1 aromatic rings. The number of rotatable bonds is 8. The van der Waals surface area contributed by atoms with E-state index < -0.39 is 0 Å². The Morgan fingerprint density at radius 3 is 2.10 bits per heavy atom. The maximum absolute atomic E-state index is 12.8. The Hall–Kier alpha value is -1.88. The Balaban J connectivity index is 1.48. The van der Waals surface area contributed by atoms with Crippen molar-refractivity contribution in [1.82, 2.24) is 15.1 Å². The van der Waals surface area contributed by atoms with Gasteiger partial charge in [-0.2, -0.15) is 0 Å². The van der Waals surface area contributed by atoms with Gasteiger partial charge in [-0.15, -0.1) is 0 Å². The molecule has 2 aliphatic heterocycles. The molecule has 2 heterocycles. The van der Waals surface area contributed by atoms with Crippen molar-refractivity contribution in [2.75, 3.05) is 32.7 Å². The van der Waals surface area contributed by atoms with Crippen molar-refractivity contribution >= 4 is 11.8 Å². The summed E-state index contributed by atoms with van der Waals surface area (Å²) in [6.07, 6.45) is 4.95. The Bertz CT molecular complexity index is 715. The van der Waals surface area contributed by atoms with E-state index in [0.717, 1.165) is 45.2 Å². The van der Waals surface area contributed by atoms with Crippen LogP contribution in [0.5, 0.6) is 0 Å². The van der Waals surface area contributed by atoms with Crippen molar-refractivity contribution in [2.24, 2.45) is 17.8 Å². The minimum absolute atomic E-state index is 0.0999. The molecule has 2 amide bonds. The Morgan fingerprint density at radius 1 is 0.935 bits per heavy atom. The van der Waals surface area contributed by atoms with Gasteiger partial charge in [-0.1, -0.05) is 52.0 Å². The van der Waals surface area contributed by atoms with E-state index in [4.69, 9.17) is 0 Å². The molecule has 172 valence electrons. The lowest BCUT2D eigenvalue weighted by atomic mass is 9.93. The van der Waals surface area contributed by atoms with Crippen LogP contribution in [-0.4, -0.2) is 54.3 Å². The zero-order valence-corrected chi connectivity index (χ0v) is 19.9. The topological polar surface area (TPSA) is 52.7 Å². The summed E-state index contributed by atoms with van der Waals surface area (Å²) in [7, 11) is 0. The molecule has 1 aromatic carbocycles. The van der Waals surface area contributed by atoms with Gasteiger partial charge >= 0.3 is 0 Å². The molecule has 2 fully saturated rings. The van der Waals surface area contributed by atoms with Gasteiger partial charge in [0.1, 0.15) is 0 Å². The third-order valence-corrected chi connectivity index (χ3v) is 6.74. The Labute approximate surface area is 188 Å². The van der Waals surface area contributed by atoms with E-state index in [9.17, 15) is 9.59 Å². The number of hydrogen-bond donors (Lipinski definition) is 1. The van der Waals surface area contributed by atoms with E-state index >= 15 is 0 Å². The predicted molar refractivity (Wildman–Crippen MR) is 126 cm³/mol. The highest BCUT2D eigenvalue weighted by molar-refractivity contribution is 5.81. The number of likely N-dealkylation sites (tertiary alicyclic amines) is 2. The van der Waals surface area contributed by atoms with Crippen LogP contribution in [0.15, 0.2) is 24.3 Å². The molecule has 2 aliphatic rings. The summed E-state index contributed by atoms with van der Waals surface area (Å²) >= 11 is 0. The van der Waals surface area contributed by atoms with Crippen LogP contribution in [0.1, 0.15) is 70.5 Å². The van der Waals surface area contributed by atoms with E-state index in [-0.39, 0.29) is 17.9 Å². The number of piperidine rings is 1. The molecule has 1 unspecified atom stereocenters. The van der Waals surface area contributed by atoms with Crippen LogP contribution in [0.4, 0.5) is 0 Å². The van der Waals surface area contributed by atoms with Gasteiger partial charge in [0.2, 0.25) is 11.8 Å². The number of nitrogens with one attached hydrogen (secondary N) is 1. The fraction of sp³-hybridized carbons (Fsp3) is 0.692. The average molecular weight is 428 g/mol. The lowest BCUT2D eigenvalue weighted by Gasteiger charge is -2.34. The molecule has 3 rings (SSSR count). The number of hydrogen-bond acceptors (Lipinski definition) is 3. The van der Waals surface area contributed by atoms with Crippen LogP contribution in [-0.2, 0) is 16.0 Å². The molecule has 0 spiro atoms. The van der Waals surface area contributed by atoms with Crippen LogP contribution in [0.25, 0.3) is 0 Å². The highest BCUT2D eigenvalue weighted by atomic mass is 16.2. The van der Waals surface area contributed by atoms with Crippen molar-refractivity contribution in [3.8, 4) is 0 Å². The molecule has 0 radical (unpaired) electrons. The quantitative estimate of drug-likeness (QED) is 0.681. The fourth-order valence-corrected chi connectivity index (χ4v) is 4.95. The third kappa shape index (κ3) is 6.55. The third-order valence-electron chi connectivity index (χ3n) is 6.74. The average Bonchev–Trinajstić information content (AvgIpc) is 3.29.